The van der Waals surface area contributed by atoms with Crippen LogP contribution < -0.4 is 10.6 Å². The molecule has 0 amide bonds. The van der Waals surface area contributed by atoms with Gasteiger partial charge in [0.15, 0.2) is 5.96 Å². The number of carbonyl (C=O) groups excluding carboxylic acids is 1. The van der Waals surface area contributed by atoms with Crippen LogP contribution in [0.4, 0.5) is 4.39 Å². The molecule has 0 saturated heterocycles. The molecule has 0 spiro atoms. The summed E-state index contributed by atoms with van der Waals surface area (Å²) in [5.74, 6) is -0.228. The monoisotopic (exact) mass is 422 g/mol. The Bertz CT molecular complexity index is 869. The molecule has 0 bridgehead atoms. The molecule has 7 nitrogen and oxygen atoms in total. The lowest BCUT2D eigenvalue weighted by Crippen LogP contribution is -2.38. The number of halogens is 1. The fraction of sp³-hybridized carbons (Fsp3) is 0.450. The molecule has 0 aliphatic heterocycles. The van der Waals surface area contributed by atoms with E-state index < -0.39 is 5.82 Å². The summed E-state index contributed by atoms with van der Waals surface area (Å²) < 4.78 is 18.6. The average molecular weight is 423 g/mol. The first-order valence-electron chi connectivity index (χ1n) is 9.47. The smallest absolute Gasteiger partial charge is 0.350 e. The molecular formula is C20H27FN4O3S. The summed E-state index contributed by atoms with van der Waals surface area (Å²) in [6, 6.07) is 4.39. The van der Waals surface area contributed by atoms with Crippen LogP contribution in [0.1, 0.15) is 58.3 Å². The van der Waals surface area contributed by atoms with Crippen molar-refractivity contribution in [3.05, 3.63) is 50.7 Å². The van der Waals surface area contributed by atoms with Crippen LogP contribution in [0, 0.1) is 12.7 Å². The molecule has 2 aromatic rings. The first kappa shape index (κ1) is 22.8. The first-order chi connectivity index (χ1) is 13.9. The fourth-order valence-corrected chi connectivity index (χ4v) is 3.56. The van der Waals surface area contributed by atoms with Crippen molar-refractivity contribution in [3.63, 3.8) is 0 Å². The number of hydrogen-bond donors (Lipinski definition) is 3. The van der Waals surface area contributed by atoms with Crippen LogP contribution in [0.15, 0.2) is 23.2 Å². The number of aromatic nitrogens is 1. The summed E-state index contributed by atoms with van der Waals surface area (Å²) >= 11 is 1.30. The van der Waals surface area contributed by atoms with Crippen molar-refractivity contribution >= 4 is 23.3 Å². The van der Waals surface area contributed by atoms with E-state index in [-0.39, 0.29) is 24.2 Å². The van der Waals surface area contributed by atoms with Gasteiger partial charge in [0.2, 0.25) is 0 Å². The fourth-order valence-electron chi connectivity index (χ4n) is 2.59. The van der Waals surface area contributed by atoms with Crippen molar-refractivity contribution in [3.8, 4) is 0 Å². The third-order valence-corrected chi connectivity index (χ3v) is 5.36. The molecule has 1 atom stereocenters. The predicted molar refractivity (Wildman–Crippen MR) is 111 cm³/mol. The van der Waals surface area contributed by atoms with Crippen LogP contribution in [0.25, 0.3) is 0 Å². The van der Waals surface area contributed by atoms with Gasteiger partial charge in [-0.05, 0) is 45.4 Å². The summed E-state index contributed by atoms with van der Waals surface area (Å²) in [5.41, 5.74) is 1.67. The number of aliphatic hydroxyl groups excluding tert-OH is 1. The average Bonchev–Trinajstić information content (AvgIpc) is 3.09. The second-order valence-electron chi connectivity index (χ2n) is 6.33. The molecule has 0 aliphatic carbocycles. The van der Waals surface area contributed by atoms with Crippen molar-refractivity contribution < 1.29 is 19.0 Å². The number of hydrogen-bond acceptors (Lipinski definition) is 6. The number of nitrogens with zero attached hydrogens (tertiary/aromatic N) is 2. The van der Waals surface area contributed by atoms with Gasteiger partial charge in [-0.3, -0.25) is 0 Å². The van der Waals surface area contributed by atoms with E-state index in [9.17, 15) is 14.3 Å². The lowest BCUT2D eigenvalue weighted by Gasteiger charge is -2.16. The van der Waals surface area contributed by atoms with Gasteiger partial charge in [-0.1, -0.05) is 6.07 Å². The SMILES string of the molecule is CCNC(=NCc1ccc(F)c(CO)c1)NC(C)c1nc(C)c(C(=O)OCC)s1. The molecule has 1 aromatic carbocycles. The van der Waals surface area contributed by atoms with E-state index in [0.29, 0.717) is 36.2 Å². The zero-order valence-corrected chi connectivity index (χ0v) is 17.9. The molecule has 1 heterocycles. The molecule has 0 fully saturated rings. The number of esters is 1. The Balaban J connectivity index is 2.12. The van der Waals surface area contributed by atoms with Gasteiger partial charge in [0.1, 0.15) is 15.7 Å². The van der Waals surface area contributed by atoms with Gasteiger partial charge in [-0.25, -0.2) is 19.2 Å². The van der Waals surface area contributed by atoms with Gasteiger partial charge in [0, 0.05) is 12.1 Å². The second-order valence-corrected chi connectivity index (χ2v) is 7.36. The van der Waals surface area contributed by atoms with E-state index in [1.807, 2.05) is 13.8 Å². The molecule has 0 saturated carbocycles. The Hall–Kier alpha value is -2.52. The van der Waals surface area contributed by atoms with Crippen LogP contribution in [0.2, 0.25) is 0 Å². The molecule has 2 rings (SSSR count). The molecule has 0 radical (unpaired) electrons. The minimum atomic E-state index is -0.435. The largest absolute Gasteiger partial charge is 0.462 e. The number of nitrogens with one attached hydrogen (secondary N) is 2. The maximum atomic E-state index is 13.5. The summed E-state index contributed by atoms with van der Waals surface area (Å²) in [4.78, 5) is 21.5. The lowest BCUT2D eigenvalue weighted by molar-refractivity contribution is 0.0531. The highest BCUT2D eigenvalue weighted by atomic mass is 32.1. The number of rotatable bonds is 8. The number of guanidine groups is 1. The second kappa shape index (κ2) is 10.9. The summed E-state index contributed by atoms with van der Waals surface area (Å²) in [7, 11) is 0. The highest BCUT2D eigenvalue weighted by molar-refractivity contribution is 7.13. The number of aryl methyl sites for hydroxylation is 1. The quantitative estimate of drug-likeness (QED) is 0.344. The summed E-state index contributed by atoms with van der Waals surface area (Å²) in [6.07, 6.45) is 0. The molecule has 0 aliphatic rings. The maximum Gasteiger partial charge on any atom is 0.350 e. The molecule has 29 heavy (non-hydrogen) atoms. The van der Waals surface area contributed by atoms with Crippen molar-refractivity contribution in [2.24, 2.45) is 4.99 Å². The topological polar surface area (TPSA) is 95.8 Å². The molecule has 1 unspecified atom stereocenters. The Morgan fingerprint density at radius 3 is 2.83 bits per heavy atom. The van der Waals surface area contributed by atoms with Crippen molar-refractivity contribution in [2.45, 2.75) is 46.9 Å². The Labute approximate surface area is 174 Å². The minimum Gasteiger partial charge on any atom is -0.462 e. The number of benzene rings is 1. The lowest BCUT2D eigenvalue weighted by atomic mass is 10.1. The number of aliphatic hydroxyl groups is 1. The third-order valence-electron chi connectivity index (χ3n) is 4.04. The van der Waals surface area contributed by atoms with Gasteiger partial charge < -0.3 is 20.5 Å². The van der Waals surface area contributed by atoms with Gasteiger partial charge in [0.05, 0.1) is 31.5 Å². The van der Waals surface area contributed by atoms with Gasteiger partial charge >= 0.3 is 5.97 Å². The standard InChI is InChI=1S/C20H27FN4O3S/c1-5-22-20(23-10-14-7-8-16(21)15(9-14)11-26)25-13(4)18-24-12(3)17(29-18)19(27)28-6-2/h7-9,13,26H,5-6,10-11H2,1-4H3,(H2,22,23,25). The van der Waals surface area contributed by atoms with Crippen LogP contribution >= 0.6 is 11.3 Å². The minimum absolute atomic E-state index is 0.180. The number of thiazole rings is 1. The molecular weight excluding hydrogens is 395 g/mol. The summed E-state index contributed by atoms with van der Waals surface area (Å²) in [5, 5.41) is 16.4. The molecule has 9 heteroatoms. The van der Waals surface area contributed by atoms with Gasteiger partial charge in [-0.15, -0.1) is 11.3 Å². The highest BCUT2D eigenvalue weighted by Gasteiger charge is 2.20. The van der Waals surface area contributed by atoms with E-state index in [0.717, 1.165) is 10.6 Å². The van der Waals surface area contributed by atoms with E-state index in [4.69, 9.17) is 4.74 Å². The highest BCUT2D eigenvalue weighted by Crippen LogP contribution is 2.24. The van der Waals surface area contributed by atoms with Crippen LogP contribution in [-0.4, -0.2) is 35.2 Å². The van der Waals surface area contributed by atoms with Crippen molar-refractivity contribution in [1.82, 2.24) is 15.6 Å². The van der Waals surface area contributed by atoms with E-state index in [1.165, 1.54) is 17.4 Å². The van der Waals surface area contributed by atoms with Crippen LogP contribution in [-0.2, 0) is 17.9 Å². The maximum absolute atomic E-state index is 13.5. The van der Waals surface area contributed by atoms with E-state index in [2.05, 4.69) is 20.6 Å². The number of carbonyl (C=O) groups is 1. The Morgan fingerprint density at radius 2 is 2.17 bits per heavy atom. The molecule has 1 aromatic heterocycles. The van der Waals surface area contributed by atoms with Gasteiger partial charge in [-0.2, -0.15) is 0 Å². The number of aliphatic imine (C=N–C) groups is 1. The van der Waals surface area contributed by atoms with Crippen molar-refractivity contribution in [2.75, 3.05) is 13.2 Å². The normalized spacial score (nSPS) is 12.6. The molecule has 3 N–H and O–H groups in total. The zero-order valence-electron chi connectivity index (χ0n) is 17.1. The van der Waals surface area contributed by atoms with Crippen molar-refractivity contribution in [1.29, 1.82) is 0 Å². The van der Waals surface area contributed by atoms with Crippen LogP contribution in [0.5, 0.6) is 0 Å². The number of ether oxygens (including phenoxy) is 1. The van der Waals surface area contributed by atoms with E-state index in [1.54, 1.807) is 26.0 Å². The summed E-state index contributed by atoms with van der Waals surface area (Å²) in [6.45, 7) is 8.38. The predicted octanol–water partition coefficient (Wildman–Crippen LogP) is 3.08. The Morgan fingerprint density at radius 1 is 1.41 bits per heavy atom. The van der Waals surface area contributed by atoms with Crippen LogP contribution in [0.3, 0.4) is 0 Å². The third kappa shape index (κ3) is 6.23. The van der Waals surface area contributed by atoms with Gasteiger partial charge in [0.25, 0.3) is 0 Å². The Kier molecular flexibility index (Phi) is 8.53. The molecule has 158 valence electrons. The zero-order chi connectivity index (χ0) is 21.4. The van der Waals surface area contributed by atoms with E-state index >= 15 is 0 Å². The first-order valence-corrected chi connectivity index (χ1v) is 10.3.